The van der Waals surface area contributed by atoms with Crippen LogP contribution in [0.2, 0.25) is 0 Å². The van der Waals surface area contributed by atoms with Crippen LogP contribution < -0.4 is 5.56 Å². The summed E-state index contributed by atoms with van der Waals surface area (Å²) in [5.74, 6) is 0.579. The van der Waals surface area contributed by atoms with Crippen molar-refractivity contribution in [3.8, 4) is 0 Å². The van der Waals surface area contributed by atoms with E-state index >= 15 is 0 Å². The van der Waals surface area contributed by atoms with Gasteiger partial charge in [-0.2, -0.15) is 5.10 Å². The van der Waals surface area contributed by atoms with Crippen molar-refractivity contribution in [2.45, 2.75) is 18.8 Å². The maximum absolute atomic E-state index is 12.0. The van der Waals surface area contributed by atoms with E-state index in [2.05, 4.69) is 26.0 Å². The lowest BCUT2D eigenvalue weighted by Crippen LogP contribution is -2.09. The lowest BCUT2D eigenvalue weighted by Gasteiger charge is -2.01. The van der Waals surface area contributed by atoms with E-state index in [-0.39, 0.29) is 5.56 Å². The smallest absolute Gasteiger partial charge is 0.259 e. The third-order valence-corrected chi connectivity index (χ3v) is 3.89. The molecule has 0 unspecified atom stereocenters. The highest BCUT2D eigenvalue weighted by molar-refractivity contribution is 9.10. The average molecular weight is 304 g/mol. The zero-order valence-electron chi connectivity index (χ0n) is 9.48. The van der Waals surface area contributed by atoms with E-state index in [0.717, 1.165) is 21.3 Å². The molecule has 3 aromatic rings. The summed E-state index contributed by atoms with van der Waals surface area (Å²) in [7, 11) is 0. The summed E-state index contributed by atoms with van der Waals surface area (Å²) in [5.41, 5.74) is 2.63. The van der Waals surface area contributed by atoms with Gasteiger partial charge in [0.1, 0.15) is 5.65 Å². The molecule has 2 aromatic heterocycles. The SMILES string of the molecule is O=c1[nH]c2cc(C3CC3)nn2c2cc(Br)ccc12. The van der Waals surface area contributed by atoms with Crippen LogP contribution in [0.1, 0.15) is 24.5 Å². The highest BCUT2D eigenvalue weighted by atomic mass is 79.9. The Morgan fingerprint density at radius 1 is 1.33 bits per heavy atom. The van der Waals surface area contributed by atoms with Crippen LogP contribution in [0.3, 0.4) is 0 Å². The van der Waals surface area contributed by atoms with Gasteiger partial charge in [-0.15, -0.1) is 0 Å². The summed E-state index contributed by atoms with van der Waals surface area (Å²) in [5, 5.41) is 5.27. The van der Waals surface area contributed by atoms with Crippen LogP contribution in [0.15, 0.2) is 33.5 Å². The third kappa shape index (κ3) is 1.43. The molecule has 4 nitrogen and oxygen atoms in total. The third-order valence-electron chi connectivity index (χ3n) is 3.40. The fraction of sp³-hybridized carbons (Fsp3) is 0.231. The topological polar surface area (TPSA) is 50.2 Å². The number of halogens is 1. The molecular formula is C13H10BrN3O. The van der Waals surface area contributed by atoms with E-state index in [9.17, 15) is 4.79 Å². The largest absolute Gasteiger partial charge is 0.306 e. The number of aromatic amines is 1. The zero-order valence-corrected chi connectivity index (χ0v) is 11.1. The van der Waals surface area contributed by atoms with Gasteiger partial charge >= 0.3 is 0 Å². The quantitative estimate of drug-likeness (QED) is 0.751. The van der Waals surface area contributed by atoms with Gasteiger partial charge in [-0.25, -0.2) is 4.52 Å². The van der Waals surface area contributed by atoms with E-state index in [0.29, 0.717) is 11.3 Å². The van der Waals surface area contributed by atoms with Crippen molar-refractivity contribution in [3.05, 3.63) is 44.8 Å². The normalized spacial score (nSPS) is 15.6. The van der Waals surface area contributed by atoms with Crippen LogP contribution in [0.4, 0.5) is 0 Å². The fourth-order valence-corrected chi connectivity index (χ4v) is 2.66. The number of hydrogen-bond donors (Lipinski definition) is 1. The van der Waals surface area contributed by atoms with Gasteiger partial charge in [0.15, 0.2) is 0 Å². The van der Waals surface area contributed by atoms with Crippen molar-refractivity contribution in [2.24, 2.45) is 0 Å². The Morgan fingerprint density at radius 3 is 2.94 bits per heavy atom. The lowest BCUT2D eigenvalue weighted by atomic mass is 10.2. The van der Waals surface area contributed by atoms with E-state index < -0.39 is 0 Å². The van der Waals surface area contributed by atoms with Crippen molar-refractivity contribution in [1.29, 1.82) is 0 Å². The van der Waals surface area contributed by atoms with Gasteiger partial charge in [0.2, 0.25) is 0 Å². The predicted octanol–water partition coefficient (Wildman–Crippen LogP) is 2.82. The molecule has 0 aliphatic heterocycles. The minimum absolute atomic E-state index is 0.0627. The van der Waals surface area contributed by atoms with Crippen LogP contribution in [0.25, 0.3) is 16.6 Å². The molecule has 1 aliphatic rings. The number of hydrogen-bond acceptors (Lipinski definition) is 2. The summed E-state index contributed by atoms with van der Waals surface area (Å²) < 4.78 is 2.78. The molecule has 0 radical (unpaired) electrons. The Kier molecular flexibility index (Phi) is 1.97. The molecule has 2 heterocycles. The molecular weight excluding hydrogens is 294 g/mol. The van der Waals surface area contributed by atoms with E-state index in [4.69, 9.17) is 0 Å². The highest BCUT2D eigenvalue weighted by Gasteiger charge is 2.26. The molecule has 0 spiro atoms. The second-order valence-electron chi connectivity index (χ2n) is 4.76. The summed E-state index contributed by atoms with van der Waals surface area (Å²) >= 11 is 3.44. The molecule has 0 saturated heterocycles. The Labute approximate surface area is 111 Å². The summed E-state index contributed by atoms with van der Waals surface area (Å²) in [6.45, 7) is 0. The minimum atomic E-state index is -0.0627. The summed E-state index contributed by atoms with van der Waals surface area (Å²) in [4.78, 5) is 14.9. The van der Waals surface area contributed by atoms with E-state index in [1.807, 2.05) is 28.8 Å². The number of rotatable bonds is 1. The molecule has 1 N–H and O–H groups in total. The monoisotopic (exact) mass is 303 g/mol. The first kappa shape index (κ1) is 10.3. The first-order valence-electron chi connectivity index (χ1n) is 5.93. The van der Waals surface area contributed by atoms with Gasteiger partial charge in [-0.1, -0.05) is 15.9 Å². The standard InChI is InChI=1S/C13H10BrN3O/c14-8-3-4-9-11(5-8)17-12(15-13(9)18)6-10(16-17)7-1-2-7/h3-7H,1-2H2,(H,15,18). The first-order valence-corrected chi connectivity index (χ1v) is 6.73. The molecule has 4 rings (SSSR count). The van der Waals surface area contributed by atoms with Gasteiger partial charge in [0, 0.05) is 16.5 Å². The van der Waals surface area contributed by atoms with Gasteiger partial charge in [0.25, 0.3) is 5.56 Å². The zero-order chi connectivity index (χ0) is 12.3. The van der Waals surface area contributed by atoms with Crippen LogP contribution in [0, 0.1) is 0 Å². The molecule has 0 amide bonds. The van der Waals surface area contributed by atoms with Crippen molar-refractivity contribution in [1.82, 2.24) is 14.6 Å². The number of nitrogens with zero attached hydrogens (tertiary/aromatic N) is 2. The van der Waals surface area contributed by atoms with Crippen LogP contribution in [-0.2, 0) is 0 Å². The summed E-state index contributed by atoms with van der Waals surface area (Å²) in [6.07, 6.45) is 2.41. The second-order valence-corrected chi connectivity index (χ2v) is 5.67. The van der Waals surface area contributed by atoms with Gasteiger partial charge in [0.05, 0.1) is 16.6 Å². The van der Waals surface area contributed by atoms with Crippen LogP contribution in [0.5, 0.6) is 0 Å². The average Bonchev–Trinajstić information content (AvgIpc) is 3.10. The first-order chi connectivity index (χ1) is 8.72. The van der Waals surface area contributed by atoms with E-state index in [1.165, 1.54) is 12.8 Å². The molecule has 1 saturated carbocycles. The van der Waals surface area contributed by atoms with Crippen LogP contribution >= 0.6 is 15.9 Å². The Hall–Kier alpha value is -1.62. The molecule has 5 heteroatoms. The van der Waals surface area contributed by atoms with Gasteiger partial charge in [-0.3, -0.25) is 4.79 Å². The lowest BCUT2D eigenvalue weighted by molar-refractivity contribution is 0.907. The van der Waals surface area contributed by atoms with Gasteiger partial charge in [-0.05, 0) is 31.0 Å². The molecule has 0 bridgehead atoms. The summed E-state index contributed by atoms with van der Waals surface area (Å²) in [6, 6.07) is 7.60. The molecule has 1 aliphatic carbocycles. The van der Waals surface area contributed by atoms with Gasteiger partial charge < -0.3 is 4.98 Å². The number of H-pyrrole nitrogens is 1. The second kappa shape index (κ2) is 3.45. The number of nitrogens with one attached hydrogen (secondary N) is 1. The number of aromatic nitrogens is 3. The Morgan fingerprint density at radius 2 is 2.17 bits per heavy atom. The fourth-order valence-electron chi connectivity index (χ4n) is 2.31. The molecule has 18 heavy (non-hydrogen) atoms. The molecule has 1 fully saturated rings. The maximum Gasteiger partial charge on any atom is 0.259 e. The number of benzene rings is 1. The minimum Gasteiger partial charge on any atom is -0.306 e. The molecule has 0 atom stereocenters. The van der Waals surface area contributed by atoms with Crippen molar-refractivity contribution < 1.29 is 0 Å². The maximum atomic E-state index is 12.0. The molecule has 90 valence electrons. The van der Waals surface area contributed by atoms with Crippen LogP contribution in [-0.4, -0.2) is 14.6 Å². The Balaban J connectivity index is 2.17. The van der Waals surface area contributed by atoms with Crippen molar-refractivity contribution >= 4 is 32.5 Å². The van der Waals surface area contributed by atoms with Crippen molar-refractivity contribution in [2.75, 3.05) is 0 Å². The number of fused-ring (bicyclic) bond motifs is 3. The molecule has 1 aromatic carbocycles. The highest BCUT2D eigenvalue weighted by Crippen LogP contribution is 2.39. The van der Waals surface area contributed by atoms with Crippen molar-refractivity contribution in [3.63, 3.8) is 0 Å². The Bertz CT molecular complexity index is 829. The van der Waals surface area contributed by atoms with E-state index in [1.54, 1.807) is 0 Å². The predicted molar refractivity (Wildman–Crippen MR) is 73.0 cm³/mol.